The van der Waals surface area contributed by atoms with Crippen LogP contribution in [0.1, 0.15) is 49.9 Å². The van der Waals surface area contributed by atoms with Gasteiger partial charge < -0.3 is 15.2 Å². The Morgan fingerprint density at radius 2 is 1.87 bits per heavy atom. The molecule has 0 spiro atoms. The summed E-state index contributed by atoms with van der Waals surface area (Å²) in [5, 5.41) is 3.02. The molecule has 2 heterocycles. The summed E-state index contributed by atoms with van der Waals surface area (Å²) in [6.45, 7) is 8.13. The van der Waals surface area contributed by atoms with Gasteiger partial charge in [0, 0.05) is 43.2 Å². The number of nitrogens with zero attached hydrogens (tertiary/aromatic N) is 1. The number of aromatic nitrogens is 1. The van der Waals surface area contributed by atoms with Crippen molar-refractivity contribution >= 4 is 26.8 Å². The number of sulfonamides is 1. The molecule has 0 aliphatic carbocycles. The number of rotatable bonds is 9. The lowest BCUT2D eigenvalue weighted by molar-refractivity contribution is -0.904. The van der Waals surface area contributed by atoms with Crippen LogP contribution in [0.3, 0.4) is 0 Å². The predicted octanol–water partition coefficient (Wildman–Crippen LogP) is 0.747. The molecule has 31 heavy (non-hydrogen) atoms. The Kier molecular flexibility index (Phi) is 7.85. The van der Waals surface area contributed by atoms with Gasteiger partial charge in [0.25, 0.3) is 5.91 Å². The van der Waals surface area contributed by atoms with E-state index in [1.807, 2.05) is 0 Å². The smallest absolute Gasteiger partial charge is 0.256 e. The van der Waals surface area contributed by atoms with Crippen molar-refractivity contribution in [1.29, 1.82) is 0 Å². The SMILES string of the molecule is CCN(CC)S(=O)(=O)c1ccc2[nH]cc(C(=O)NCCC[NH+]3CCCCC3)c(=O)c2c1. The van der Waals surface area contributed by atoms with Crippen LogP contribution in [0, 0.1) is 0 Å². The molecule has 1 aromatic heterocycles. The Morgan fingerprint density at radius 1 is 1.16 bits per heavy atom. The fourth-order valence-corrected chi connectivity index (χ4v) is 5.66. The van der Waals surface area contributed by atoms with Crippen LogP contribution in [-0.4, -0.2) is 62.9 Å². The van der Waals surface area contributed by atoms with Gasteiger partial charge in [0.15, 0.2) is 0 Å². The van der Waals surface area contributed by atoms with Crippen molar-refractivity contribution in [2.75, 3.05) is 39.3 Å². The molecule has 8 nitrogen and oxygen atoms in total. The molecular formula is C22H33N4O4S+. The average molecular weight is 450 g/mol. The molecule has 3 N–H and O–H groups in total. The van der Waals surface area contributed by atoms with Crippen molar-refractivity contribution in [2.24, 2.45) is 0 Å². The molecule has 0 saturated carbocycles. The van der Waals surface area contributed by atoms with Crippen LogP contribution < -0.4 is 15.6 Å². The molecule has 1 aliphatic rings. The first-order chi connectivity index (χ1) is 14.9. The second-order valence-corrected chi connectivity index (χ2v) is 9.94. The third-order valence-corrected chi connectivity index (χ3v) is 8.04. The Balaban J connectivity index is 1.74. The van der Waals surface area contributed by atoms with E-state index in [-0.39, 0.29) is 15.8 Å². The first-order valence-electron chi connectivity index (χ1n) is 11.2. The van der Waals surface area contributed by atoms with Crippen LogP contribution in [0.25, 0.3) is 10.9 Å². The maximum atomic E-state index is 12.9. The highest BCUT2D eigenvalue weighted by Crippen LogP contribution is 2.19. The van der Waals surface area contributed by atoms with E-state index in [4.69, 9.17) is 0 Å². The maximum absolute atomic E-state index is 12.9. The van der Waals surface area contributed by atoms with Crippen molar-refractivity contribution in [3.8, 4) is 0 Å². The number of amides is 1. The first kappa shape index (κ1) is 23.4. The number of fused-ring (bicyclic) bond motifs is 1. The summed E-state index contributed by atoms with van der Waals surface area (Å²) in [4.78, 5) is 30.1. The molecule has 1 amide bonds. The molecule has 1 fully saturated rings. The fourth-order valence-electron chi connectivity index (χ4n) is 4.18. The topological polar surface area (TPSA) is 104 Å². The van der Waals surface area contributed by atoms with Crippen LogP contribution in [0.15, 0.2) is 34.1 Å². The minimum atomic E-state index is -3.69. The number of nitrogens with one attached hydrogen (secondary N) is 3. The molecule has 0 radical (unpaired) electrons. The summed E-state index contributed by atoms with van der Waals surface area (Å²) in [5.74, 6) is -0.436. The monoisotopic (exact) mass is 449 g/mol. The van der Waals surface area contributed by atoms with Gasteiger partial charge in [-0.15, -0.1) is 0 Å². The first-order valence-corrected chi connectivity index (χ1v) is 12.6. The number of H-pyrrole nitrogens is 1. The van der Waals surface area contributed by atoms with Gasteiger partial charge in [0.2, 0.25) is 15.5 Å². The van der Waals surface area contributed by atoms with Gasteiger partial charge >= 0.3 is 0 Å². The third kappa shape index (κ3) is 5.34. The number of piperidine rings is 1. The van der Waals surface area contributed by atoms with Crippen LogP contribution in [-0.2, 0) is 10.0 Å². The molecule has 9 heteroatoms. The number of aromatic amines is 1. The number of quaternary nitrogens is 1. The van der Waals surface area contributed by atoms with E-state index in [0.717, 1.165) is 13.0 Å². The minimum Gasteiger partial charge on any atom is -0.360 e. The number of carbonyl (C=O) groups is 1. The zero-order chi connectivity index (χ0) is 22.4. The van der Waals surface area contributed by atoms with E-state index >= 15 is 0 Å². The summed E-state index contributed by atoms with van der Waals surface area (Å²) in [5.41, 5.74) is 0.0217. The molecule has 0 atom stereocenters. The number of benzene rings is 1. The van der Waals surface area contributed by atoms with E-state index in [1.54, 1.807) is 24.8 Å². The van der Waals surface area contributed by atoms with E-state index in [2.05, 4.69) is 10.3 Å². The molecular weight excluding hydrogens is 416 g/mol. The van der Waals surface area contributed by atoms with Gasteiger partial charge in [-0.3, -0.25) is 9.59 Å². The number of hydrogen-bond donors (Lipinski definition) is 3. The highest BCUT2D eigenvalue weighted by molar-refractivity contribution is 7.89. The van der Waals surface area contributed by atoms with Gasteiger partial charge in [-0.05, 0) is 37.5 Å². The molecule has 2 aromatic rings. The normalized spacial score (nSPS) is 15.5. The van der Waals surface area contributed by atoms with E-state index in [9.17, 15) is 18.0 Å². The standard InChI is InChI=1S/C22H32N4O4S/c1-3-26(4-2)31(29,30)17-9-10-20-18(15-17)21(27)19(16-24-20)22(28)23-11-8-14-25-12-6-5-7-13-25/h9-10,15-16H,3-8,11-14H2,1-2H3,(H,23,28)(H,24,27)/p+1. The van der Waals surface area contributed by atoms with Crippen LogP contribution in [0.2, 0.25) is 0 Å². The zero-order valence-electron chi connectivity index (χ0n) is 18.4. The number of hydrogen-bond acceptors (Lipinski definition) is 4. The van der Waals surface area contributed by atoms with Gasteiger partial charge in [-0.2, -0.15) is 4.31 Å². The van der Waals surface area contributed by atoms with Gasteiger partial charge in [0.1, 0.15) is 5.56 Å². The Hall–Kier alpha value is -2.23. The predicted molar refractivity (Wildman–Crippen MR) is 121 cm³/mol. The van der Waals surface area contributed by atoms with Crippen LogP contribution in [0.4, 0.5) is 0 Å². The van der Waals surface area contributed by atoms with E-state index in [0.29, 0.717) is 25.2 Å². The Bertz CT molecular complexity index is 1070. The second-order valence-electron chi connectivity index (χ2n) is 8.00. The Labute approximate surface area is 183 Å². The lowest BCUT2D eigenvalue weighted by Crippen LogP contribution is -3.12. The molecule has 0 unspecified atom stereocenters. The maximum Gasteiger partial charge on any atom is 0.256 e. The van der Waals surface area contributed by atoms with Crippen molar-refractivity contribution in [3.63, 3.8) is 0 Å². The quantitative estimate of drug-likeness (QED) is 0.492. The second kappa shape index (κ2) is 10.4. The Morgan fingerprint density at radius 3 is 2.55 bits per heavy atom. The molecule has 1 aromatic carbocycles. The number of pyridine rings is 1. The molecule has 170 valence electrons. The minimum absolute atomic E-state index is 0.00444. The highest BCUT2D eigenvalue weighted by Gasteiger charge is 2.23. The molecule has 3 rings (SSSR count). The van der Waals surface area contributed by atoms with Crippen LogP contribution in [0.5, 0.6) is 0 Å². The van der Waals surface area contributed by atoms with Gasteiger partial charge in [0.05, 0.1) is 24.5 Å². The third-order valence-electron chi connectivity index (χ3n) is 5.99. The molecule has 0 bridgehead atoms. The van der Waals surface area contributed by atoms with Gasteiger partial charge in [-0.25, -0.2) is 8.42 Å². The summed E-state index contributed by atoms with van der Waals surface area (Å²) in [7, 11) is -3.69. The number of carbonyl (C=O) groups excluding carboxylic acids is 1. The number of likely N-dealkylation sites (tertiary alicyclic amines) is 1. The molecule has 1 saturated heterocycles. The van der Waals surface area contributed by atoms with Crippen molar-refractivity contribution < 1.29 is 18.1 Å². The van der Waals surface area contributed by atoms with E-state index < -0.39 is 21.4 Å². The summed E-state index contributed by atoms with van der Waals surface area (Å²) < 4.78 is 26.9. The summed E-state index contributed by atoms with van der Waals surface area (Å²) >= 11 is 0. The lowest BCUT2D eigenvalue weighted by Gasteiger charge is -2.23. The van der Waals surface area contributed by atoms with E-state index in [1.165, 1.54) is 55.0 Å². The van der Waals surface area contributed by atoms with Crippen molar-refractivity contribution in [3.05, 3.63) is 40.2 Å². The molecule has 1 aliphatic heterocycles. The highest BCUT2D eigenvalue weighted by atomic mass is 32.2. The summed E-state index contributed by atoms with van der Waals surface area (Å²) in [6, 6.07) is 4.41. The lowest BCUT2D eigenvalue weighted by atomic mass is 10.1. The largest absolute Gasteiger partial charge is 0.360 e. The average Bonchev–Trinajstić information content (AvgIpc) is 2.78. The fraction of sp³-hybridized carbons (Fsp3) is 0.545. The van der Waals surface area contributed by atoms with Crippen LogP contribution >= 0.6 is 0 Å². The van der Waals surface area contributed by atoms with Crippen molar-refractivity contribution in [2.45, 2.75) is 44.4 Å². The van der Waals surface area contributed by atoms with Crippen molar-refractivity contribution in [1.82, 2.24) is 14.6 Å². The zero-order valence-corrected chi connectivity index (χ0v) is 19.2. The van der Waals surface area contributed by atoms with Gasteiger partial charge in [-0.1, -0.05) is 13.8 Å². The summed E-state index contributed by atoms with van der Waals surface area (Å²) in [6.07, 6.45) is 6.09.